The third kappa shape index (κ3) is 21.6. The van der Waals surface area contributed by atoms with E-state index in [1.165, 1.54) is 14.2 Å². The van der Waals surface area contributed by atoms with Crippen LogP contribution in [0.15, 0.2) is 0 Å². The van der Waals surface area contributed by atoms with Gasteiger partial charge in [-0.3, -0.25) is 4.57 Å². The second-order valence-corrected chi connectivity index (χ2v) is 8.55. The van der Waals surface area contributed by atoms with Gasteiger partial charge < -0.3 is 23.4 Å². The van der Waals surface area contributed by atoms with E-state index in [-0.39, 0.29) is 0 Å². The van der Waals surface area contributed by atoms with Crippen LogP contribution in [0.25, 0.3) is 0 Å². The van der Waals surface area contributed by atoms with Gasteiger partial charge in [-0.15, -0.1) is 0 Å². The molecule has 26 heavy (non-hydrogen) atoms. The van der Waals surface area contributed by atoms with Gasteiger partial charge in [0.2, 0.25) is 0 Å². The highest BCUT2D eigenvalue weighted by Gasteiger charge is 2.19. The molecular weight excluding hydrogens is 355 g/mol. The lowest BCUT2D eigenvalue weighted by atomic mass is 10.3. The van der Waals surface area contributed by atoms with Crippen LogP contribution in [0.1, 0.15) is 47.0 Å². The van der Waals surface area contributed by atoms with Crippen LogP contribution in [-0.2, 0) is 23.1 Å². The van der Waals surface area contributed by atoms with Crippen molar-refractivity contribution in [2.75, 3.05) is 54.9 Å². The second-order valence-electron chi connectivity index (χ2n) is 6.15. The molecule has 0 unspecified atom stereocenters. The Morgan fingerprint density at radius 1 is 0.923 bits per heavy atom. The maximum atomic E-state index is 11.4. The first-order valence-corrected chi connectivity index (χ1v) is 10.7. The zero-order valence-electron chi connectivity index (χ0n) is 18.3. The maximum Gasteiger partial charge on any atom is 0.330 e. The van der Waals surface area contributed by atoms with E-state index >= 15 is 0 Å². The average Bonchev–Trinajstić information content (AvgIpc) is 2.63. The molecule has 0 atom stereocenters. The minimum Gasteiger partial charge on any atom is -0.385 e. The predicted octanol–water partition coefficient (Wildman–Crippen LogP) is 4.18. The Labute approximate surface area is 161 Å². The summed E-state index contributed by atoms with van der Waals surface area (Å²) in [6.45, 7) is 10.1. The number of nitrogens with zero attached hydrogens (tertiary/aromatic N) is 2. The molecule has 0 aromatic heterocycles. The van der Waals surface area contributed by atoms with E-state index in [0.29, 0.717) is 37.9 Å². The van der Waals surface area contributed by atoms with Crippen LogP contribution < -0.4 is 0 Å². The van der Waals surface area contributed by atoms with E-state index in [0.717, 1.165) is 12.8 Å². The summed E-state index contributed by atoms with van der Waals surface area (Å²) in [5.74, 6) is 0. The molecule has 0 fully saturated rings. The number of hydrogen-bond donors (Lipinski definition) is 0. The van der Waals surface area contributed by atoms with Crippen LogP contribution in [0, 0.1) is 11.3 Å². The molecule has 0 aliphatic rings. The summed E-state index contributed by atoms with van der Waals surface area (Å²) < 4.78 is 30.4. The van der Waals surface area contributed by atoms with Crippen molar-refractivity contribution in [1.29, 1.82) is 5.26 Å². The van der Waals surface area contributed by atoms with Crippen molar-refractivity contribution in [2.24, 2.45) is 0 Å². The van der Waals surface area contributed by atoms with E-state index in [4.69, 9.17) is 19.0 Å². The van der Waals surface area contributed by atoms with Gasteiger partial charge in [-0.05, 0) is 47.6 Å². The second kappa shape index (κ2) is 20.8. The van der Waals surface area contributed by atoms with Crippen molar-refractivity contribution in [3.05, 3.63) is 0 Å². The molecule has 0 saturated carbocycles. The van der Waals surface area contributed by atoms with Gasteiger partial charge in [-0.25, -0.2) is 0 Å². The number of hydrogen-bond acceptors (Lipinski definition) is 7. The quantitative estimate of drug-likeness (QED) is 0.383. The summed E-state index contributed by atoms with van der Waals surface area (Å²) >= 11 is 0. The Morgan fingerprint density at radius 2 is 1.38 bits per heavy atom. The highest BCUT2D eigenvalue weighted by atomic mass is 31.2. The summed E-state index contributed by atoms with van der Waals surface area (Å²) in [5.41, 5.74) is 0. The van der Waals surface area contributed by atoms with Crippen molar-refractivity contribution in [3.8, 4) is 6.07 Å². The third-order valence-corrected chi connectivity index (χ3v) is 5.61. The number of nitriles is 1. The fourth-order valence-electron chi connectivity index (χ4n) is 1.55. The molecule has 158 valence electrons. The summed E-state index contributed by atoms with van der Waals surface area (Å²) in [6.07, 6.45) is 2.64. The fourth-order valence-corrected chi connectivity index (χ4v) is 2.68. The molecular formula is C18H41N2O5P. The minimum absolute atomic E-state index is 0.462. The molecule has 0 radical (unpaired) electrons. The molecule has 7 nitrogen and oxygen atoms in total. The Bertz CT molecular complexity index is 357. The first kappa shape index (κ1) is 30.3. The molecule has 0 saturated heterocycles. The largest absolute Gasteiger partial charge is 0.385 e. The van der Waals surface area contributed by atoms with Crippen molar-refractivity contribution in [2.45, 2.75) is 59.0 Å². The smallest absolute Gasteiger partial charge is 0.330 e. The van der Waals surface area contributed by atoms with Gasteiger partial charge in [0.15, 0.2) is 0 Å². The molecule has 0 heterocycles. The van der Waals surface area contributed by atoms with Crippen LogP contribution in [0.2, 0.25) is 0 Å². The van der Waals surface area contributed by atoms with Gasteiger partial charge in [0.05, 0.1) is 25.3 Å². The minimum atomic E-state index is -2.78. The Hall–Kier alpha value is -0.480. The van der Waals surface area contributed by atoms with Crippen LogP contribution in [0.4, 0.5) is 0 Å². The molecule has 0 aromatic carbocycles. The maximum absolute atomic E-state index is 11.4. The van der Waals surface area contributed by atoms with E-state index in [1.54, 1.807) is 14.2 Å². The summed E-state index contributed by atoms with van der Waals surface area (Å²) in [6, 6.07) is 3.30. The van der Waals surface area contributed by atoms with Gasteiger partial charge in [0.25, 0.3) is 0 Å². The first-order valence-electron chi connectivity index (χ1n) is 8.92. The lowest BCUT2D eigenvalue weighted by Gasteiger charge is -2.24. The highest BCUT2D eigenvalue weighted by Crippen LogP contribution is 2.46. The van der Waals surface area contributed by atoms with Crippen LogP contribution in [-0.4, -0.2) is 71.8 Å². The number of methoxy groups -OCH3 is 2. The van der Waals surface area contributed by atoms with Crippen molar-refractivity contribution in [1.82, 2.24) is 4.90 Å². The average molecular weight is 397 g/mol. The Balaban J connectivity index is -0.000000328. The van der Waals surface area contributed by atoms with Crippen LogP contribution in [0.5, 0.6) is 0 Å². The highest BCUT2D eigenvalue weighted by molar-refractivity contribution is 7.53. The number of rotatable bonds is 11. The Morgan fingerprint density at radius 3 is 1.62 bits per heavy atom. The lowest BCUT2D eigenvalue weighted by Crippen LogP contribution is -2.32. The first-order chi connectivity index (χ1) is 12.1. The molecule has 0 aromatic rings. The zero-order chi connectivity index (χ0) is 21.0. The summed E-state index contributed by atoms with van der Waals surface area (Å²) in [7, 11) is 5.40. The standard InChI is InChI=1S/C7H17N.C7H17O4P.C4H7NO/c1-6(2)8(5)7(3)4;1-9-6-4-5-7-12(8,10-2)11-3;1-6-4-2-3-5/h6-7H,1-5H3;4-7H2,1-3H3;2,4H2,1H3. The van der Waals surface area contributed by atoms with E-state index in [1.807, 2.05) is 6.07 Å². The van der Waals surface area contributed by atoms with Crippen molar-refractivity contribution >= 4 is 7.60 Å². The molecule has 0 aliphatic carbocycles. The van der Waals surface area contributed by atoms with Crippen LogP contribution >= 0.6 is 7.60 Å². The van der Waals surface area contributed by atoms with Gasteiger partial charge >= 0.3 is 7.60 Å². The van der Waals surface area contributed by atoms with Crippen LogP contribution in [0.3, 0.4) is 0 Å². The third-order valence-electron chi connectivity index (χ3n) is 3.63. The lowest BCUT2D eigenvalue weighted by molar-refractivity contribution is 0.193. The molecule has 0 aliphatic heterocycles. The van der Waals surface area contributed by atoms with Gasteiger partial charge in [0.1, 0.15) is 0 Å². The van der Waals surface area contributed by atoms with E-state index in [9.17, 15) is 4.57 Å². The van der Waals surface area contributed by atoms with Gasteiger partial charge in [0, 0.05) is 47.1 Å². The zero-order valence-corrected chi connectivity index (χ0v) is 19.2. The molecule has 0 bridgehead atoms. The van der Waals surface area contributed by atoms with Crippen molar-refractivity contribution < 1.29 is 23.1 Å². The normalized spacial score (nSPS) is 10.9. The number of unbranched alkanes of at least 4 members (excludes halogenated alkanes) is 1. The summed E-state index contributed by atoms with van der Waals surface area (Å²) in [5, 5.41) is 7.87. The fraction of sp³-hybridized carbons (Fsp3) is 0.944. The summed E-state index contributed by atoms with van der Waals surface area (Å²) in [4.78, 5) is 2.33. The molecule has 0 amide bonds. The van der Waals surface area contributed by atoms with E-state index in [2.05, 4.69) is 44.4 Å². The SMILES string of the molecule is CC(C)N(C)C(C)C.COCCC#N.COCCCCP(=O)(OC)OC. The molecule has 0 spiro atoms. The number of ether oxygens (including phenoxy) is 2. The van der Waals surface area contributed by atoms with Crippen molar-refractivity contribution in [3.63, 3.8) is 0 Å². The molecule has 0 rings (SSSR count). The molecule has 0 N–H and O–H groups in total. The Kier molecular flexibility index (Phi) is 24.2. The van der Waals surface area contributed by atoms with Gasteiger partial charge in [-0.1, -0.05) is 0 Å². The monoisotopic (exact) mass is 396 g/mol. The molecule has 8 heteroatoms. The topological polar surface area (TPSA) is 81.0 Å². The van der Waals surface area contributed by atoms with E-state index < -0.39 is 7.60 Å². The van der Waals surface area contributed by atoms with Gasteiger partial charge in [-0.2, -0.15) is 5.26 Å². The predicted molar refractivity (Wildman–Crippen MR) is 108 cm³/mol.